The van der Waals surface area contributed by atoms with Gasteiger partial charge in [-0.05, 0) is 30.4 Å². The van der Waals surface area contributed by atoms with E-state index in [0.29, 0.717) is 13.1 Å². The second-order valence-electron chi connectivity index (χ2n) is 4.73. The minimum atomic E-state index is -3.26. The quantitative estimate of drug-likeness (QED) is 0.640. The van der Waals surface area contributed by atoms with Crippen LogP contribution in [0.3, 0.4) is 0 Å². The fraction of sp³-hybridized carbons (Fsp3) is 0.571. The molecule has 114 valence electrons. The van der Waals surface area contributed by atoms with E-state index in [9.17, 15) is 8.42 Å². The van der Waals surface area contributed by atoms with Gasteiger partial charge in [0, 0.05) is 26.8 Å². The number of benzene rings is 1. The van der Waals surface area contributed by atoms with Gasteiger partial charge >= 0.3 is 0 Å². The van der Waals surface area contributed by atoms with Crippen molar-refractivity contribution in [2.24, 2.45) is 5.73 Å². The Hall–Kier alpha value is -0.950. The van der Waals surface area contributed by atoms with Crippen molar-refractivity contribution in [3.05, 3.63) is 35.4 Å². The topological polar surface area (TPSA) is 81.4 Å². The highest BCUT2D eigenvalue weighted by molar-refractivity contribution is 7.88. The first-order chi connectivity index (χ1) is 9.57. The fourth-order valence-corrected chi connectivity index (χ4v) is 3.01. The van der Waals surface area contributed by atoms with Gasteiger partial charge in [0.2, 0.25) is 10.0 Å². The third-order valence-corrected chi connectivity index (χ3v) is 4.32. The first kappa shape index (κ1) is 17.1. The van der Waals surface area contributed by atoms with E-state index in [2.05, 4.69) is 4.72 Å². The molecule has 20 heavy (non-hydrogen) atoms. The standard InChI is InChI=1S/C14H24N2O3S/c1-19-10-4-2-3-9-16-20(17,18)12-14-7-5-13(11-15)6-8-14/h5-8,16H,2-4,9-12,15H2,1H3. The van der Waals surface area contributed by atoms with E-state index in [1.165, 1.54) is 0 Å². The van der Waals surface area contributed by atoms with Gasteiger partial charge in [-0.15, -0.1) is 0 Å². The molecule has 3 N–H and O–H groups in total. The van der Waals surface area contributed by atoms with Crippen molar-refractivity contribution in [3.63, 3.8) is 0 Å². The van der Waals surface area contributed by atoms with Crippen molar-refractivity contribution in [2.45, 2.75) is 31.6 Å². The molecular weight excluding hydrogens is 276 g/mol. The van der Waals surface area contributed by atoms with E-state index in [1.807, 2.05) is 12.1 Å². The zero-order valence-corrected chi connectivity index (χ0v) is 12.8. The molecule has 0 amide bonds. The molecule has 0 aromatic heterocycles. The Balaban J connectivity index is 2.33. The Labute approximate surface area is 121 Å². The molecule has 0 aliphatic carbocycles. The highest BCUT2D eigenvalue weighted by Gasteiger charge is 2.10. The number of nitrogens with two attached hydrogens (primary N) is 1. The van der Waals surface area contributed by atoms with Crippen LogP contribution in [0.5, 0.6) is 0 Å². The van der Waals surface area contributed by atoms with E-state index in [-0.39, 0.29) is 5.75 Å². The number of sulfonamides is 1. The Morgan fingerprint density at radius 2 is 1.75 bits per heavy atom. The van der Waals surface area contributed by atoms with Crippen molar-refractivity contribution >= 4 is 10.0 Å². The summed E-state index contributed by atoms with van der Waals surface area (Å²) in [5.41, 5.74) is 7.27. The monoisotopic (exact) mass is 300 g/mol. The van der Waals surface area contributed by atoms with E-state index >= 15 is 0 Å². The fourth-order valence-electron chi connectivity index (χ4n) is 1.82. The van der Waals surface area contributed by atoms with Gasteiger partial charge in [0.1, 0.15) is 0 Å². The Morgan fingerprint density at radius 3 is 2.35 bits per heavy atom. The van der Waals surface area contributed by atoms with Crippen LogP contribution in [-0.4, -0.2) is 28.7 Å². The highest BCUT2D eigenvalue weighted by atomic mass is 32.2. The van der Waals surface area contributed by atoms with Crippen LogP contribution in [0.2, 0.25) is 0 Å². The molecule has 0 aliphatic heterocycles. The number of ether oxygens (including phenoxy) is 1. The summed E-state index contributed by atoms with van der Waals surface area (Å²) in [6.45, 7) is 1.67. The summed E-state index contributed by atoms with van der Waals surface area (Å²) < 4.78 is 31.3. The molecule has 1 aromatic carbocycles. The zero-order chi connectivity index (χ0) is 14.8. The van der Waals surface area contributed by atoms with Crippen LogP contribution in [0.15, 0.2) is 24.3 Å². The summed E-state index contributed by atoms with van der Waals surface area (Å²) >= 11 is 0. The number of unbranched alkanes of at least 4 members (excludes halogenated alkanes) is 2. The molecule has 0 bridgehead atoms. The Morgan fingerprint density at radius 1 is 1.10 bits per heavy atom. The van der Waals surface area contributed by atoms with Gasteiger partial charge in [-0.3, -0.25) is 0 Å². The van der Waals surface area contributed by atoms with Crippen LogP contribution in [0.25, 0.3) is 0 Å². The lowest BCUT2D eigenvalue weighted by atomic mass is 10.1. The summed E-state index contributed by atoms with van der Waals surface area (Å²) in [4.78, 5) is 0. The lowest BCUT2D eigenvalue weighted by Gasteiger charge is -2.07. The molecule has 6 heteroatoms. The van der Waals surface area contributed by atoms with Gasteiger partial charge in [0.05, 0.1) is 5.75 Å². The third-order valence-electron chi connectivity index (χ3n) is 2.96. The Bertz CT molecular complexity index is 472. The molecule has 0 spiro atoms. The van der Waals surface area contributed by atoms with Crippen molar-refractivity contribution in [1.29, 1.82) is 0 Å². The lowest BCUT2D eigenvalue weighted by molar-refractivity contribution is 0.192. The summed E-state index contributed by atoms with van der Waals surface area (Å²) in [5, 5.41) is 0. The molecule has 0 saturated carbocycles. The van der Waals surface area contributed by atoms with Gasteiger partial charge in [0.15, 0.2) is 0 Å². The minimum absolute atomic E-state index is 0.00984. The van der Waals surface area contributed by atoms with Crippen LogP contribution >= 0.6 is 0 Å². The SMILES string of the molecule is COCCCCCNS(=O)(=O)Cc1ccc(CN)cc1. The zero-order valence-electron chi connectivity index (χ0n) is 12.0. The van der Waals surface area contributed by atoms with Crippen LogP contribution in [0, 0.1) is 0 Å². The molecule has 0 unspecified atom stereocenters. The molecule has 1 aromatic rings. The van der Waals surface area contributed by atoms with E-state index in [1.54, 1.807) is 19.2 Å². The molecule has 5 nitrogen and oxygen atoms in total. The molecule has 0 radical (unpaired) electrons. The van der Waals surface area contributed by atoms with E-state index in [4.69, 9.17) is 10.5 Å². The van der Waals surface area contributed by atoms with Crippen molar-refractivity contribution in [1.82, 2.24) is 4.72 Å². The smallest absolute Gasteiger partial charge is 0.215 e. The number of hydrogen-bond donors (Lipinski definition) is 2. The maximum Gasteiger partial charge on any atom is 0.215 e. The van der Waals surface area contributed by atoms with Crippen LogP contribution in [0.1, 0.15) is 30.4 Å². The van der Waals surface area contributed by atoms with Gasteiger partial charge in [-0.25, -0.2) is 13.1 Å². The molecule has 0 atom stereocenters. The molecule has 0 fully saturated rings. The largest absolute Gasteiger partial charge is 0.385 e. The number of hydrogen-bond acceptors (Lipinski definition) is 4. The minimum Gasteiger partial charge on any atom is -0.385 e. The van der Waals surface area contributed by atoms with E-state index < -0.39 is 10.0 Å². The van der Waals surface area contributed by atoms with Gasteiger partial charge in [-0.1, -0.05) is 24.3 Å². The van der Waals surface area contributed by atoms with Gasteiger partial charge in [0.25, 0.3) is 0 Å². The summed E-state index contributed by atoms with van der Waals surface area (Å²) in [6, 6.07) is 7.32. The maximum absolute atomic E-state index is 11.9. The predicted octanol–water partition coefficient (Wildman–Crippen LogP) is 1.38. The summed E-state index contributed by atoms with van der Waals surface area (Å²) in [7, 11) is -1.59. The average molecular weight is 300 g/mol. The van der Waals surface area contributed by atoms with Crippen LogP contribution in [-0.2, 0) is 27.1 Å². The number of rotatable bonds is 10. The normalized spacial score (nSPS) is 11.7. The predicted molar refractivity (Wildman–Crippen MR) is 80.7 cm³/mol. The first-order valence-electron chi connectivity index (χ1n) is 6.81. The molecule has 0 saturated heterocycles. The van der Waals surface area contributed by atoms with Crippen molar-refractivity contribution < 1.29 is 13.2 Å². The van der Waals surface area contributed by atoms with Crippen molar-refractivity contribution in [3.8, 4) is 0 Å². The summed E-state index contributed by atoms with van der Waals surface area (Å²) in [5.74, 6) is 0.00984. The molecule has 1 rings (SSSR count). The summed E-state index contributed by atoms with van der Waals surface area (Å²) in [6.07, 6.45) is 2.75. The molecular formula is C14H24N2O3S. The number of methoxy groups -OCH3 is 1. The van der Waals surface area contributed by atoms with Crippen LogP contribution in [0.4, 0.5) is 0 Å². The highest BCUT2D eigenvalue weighted by Crippen LogP contribution is 2.07. The van der Waals surface area contributed by atoms with Gasteiger partial charge < -0.3 is 10.5 Å². The van der Waals surface area contributed by atoms with E-state index in [0.717, 1.165) is 37.0 Å². The second kappa shape index (κ2) is 9.07. The van der Waals surface area contributed by atoms with Gasteiger partial charge in [-0.2, -0.15) is 0 Å². The average Bonchev–Trinajstić information content (AvgIpc) is 2.43. The number of nitrogens with one attached hydrogen (secondary N) is 1. The first-order valence-corrected chi connectivity index (χ1v) is 8.47. The van der Waals surface area contributed by atoms with Crippen molar-refractivity contribution in [2.75, 3.05) is 20.3 Å². The molecule has 0 heterocycles. The second-order valence-corrected chi connectivity index (χ2v) is 6.53. The maximum atomic E-state index is 11.9. The Kier molecular flexibility index (Phi) is 7.76. The van der Waals surface area contributed by atoms with Crippen LogP contribution < -0.4 is 10.5 Å². The molecule has 0 aliphatic rings. The third kappa shape index (κ3) is 7.00. The lowest BCUT2D eigenvalue weighted by Crippen LogP contribution is -2.26.